The molecule has 2 aliphatic rings. The molecule has 178 valence electrons. The zero-order valence-corrected chi connectivity index (χ0v) is 20.3. The van der Waals surface area contributed by atoms with E-state index in [9.17, 15) is 4.21 Å². The van der Waals surface area contributed by atoms with Crippen molar-refractivity contribution in [1.29, 1.82) is 0 Å². The molecular weight excluding hydrogens is 438 g/mol. The predicted octanol–water partition coefficient (Wildman–Crippen LogP) is 2.94. The van der Waals surface area contributed by atoms with E-state index in [1.54, 1.807) is 0 Å². The van der Waals surface area contributed by atoms with Crippen LogP contribution in [-0.2, 0) is 17.2 Å². The number of aliphatic hydroxyl groups excluding tert-OH is 1. The number of piperidine rings is 1. The van der Waals surface area contributed by atoms with Gasteiger partial charge in [0.1, 0.15) is 0 Å². The van der Waals surface area contributed by atoms with E-state index in [0.29, 0.717) is 17.6 Å². The normalized spacial score (nSPS) is 19.5. The zero-order chi connectivity index (χ0) is 23.5. The van der Waals surface area contributed by atoms with Crippen LogP contribution in [-0.4, -0.2) is 55.9 Å². The molecule has 33 heavy (non-hydrogen) atoms. The first-order valence-corrected chi connectivity index (χ1v) is 12.9. The Morgan fingerprint density at radius 1 is 1.24 bits per heavy atom. The Bertz CT molecular complexity index is 1120. The van der Waals surface area contributed by atoms with E-state index in [0.717, 1.165) is 71.2 Å². The van der Waals surface area contributed by atoms with Gasteiger partial charge in [-0.2, -0.15) is 0 Å². The third-order valence-electron chi connectivity index (χ3n) is 6.48. The summed E-state index contributed by atoms with van der Waals surface area (Å²) in [4.78, 5) is 12.5. The average molecular weight is 472 g/mol. The first-order chi connectivity index (χ1) is 15.9. The maximum absolute atomic E-state index is 12.1. The SMILES string of the molecule is CC(C)C(N)CO.Cc1nc(N2CCC(c3noc4ccccc34)CC2)nc2c1S(=O)CC2. The zero-order valence-electron chi connectivity index (χ0n) is 19.5. The molecule has 3 N–H and O–H groups in total. The molecule has 0 amide bonds. The van der Waals surface area contributed by atoms with Crippen molar-refractivity contribution in [1.82, 2.24) is 15.1 Å². The minimum absolute atomic E-state index is 0.0417. The van der Waals surface area contributed by atoms with Crippen LogP contribution < -0.4 is 10.6 Å². The van der Waals surface area contributed by atoms with Crippen LogP contribution in [0.1, 0.15) is 49.7 Å². The lowest BCUT2D eigenvalue weighted by Gasteiger charge is -2.31. The Balaban J connectivity index is 0.000000325. The molecule has 1 fully saturated rings. The lowest BCUT2D eigenvalue weighted by atomic mass is 9.92. The van der Waals surface area contributed by atoms with Crippen molar-refractivity contribution < 1.29 is 13.8 Å². The summed E-state index contributed by atoms with van der Waals surface area (Å²) in [5, 5.41) is 13.8. The number of rotatable bonds is 4. The summed E-state index contributed by atoms with van der Waals surface area (Å²) in [6, 6.07) is 8.01. The second-order valence-corrected chi connectivity index (χ2v) is 10.6. The van der Waals surface area contributed by atoms with Crippen LogP contribution in [0.2, 0.25) is 0 Å². The maximum atomic E-state index is 12.1. The van der Waals surface area contributed by atoms with Crippen LogP contribution in [0.3, 0.4) is 0 Å². The van der Waals surface area contributed by atoms with Crippen molar-refractivity contribution in [3.63, 3.8) is 0 Å². The maximum Gasteiger partial charge on any atom is 0.225 e. The van der Waals surface area contributed by atoms with Gasteiger partial charge in [0.15, 0.2) is 5.58 Å². The van der Waals surface area contributed by atoms with Gasteiger partial charge in [0.05, 0.1) is 39.4 Å². The average Bonchev–Trinajstić information content (AvgIpc) is 3.43. The number of aliphatic hydroxyl groups is 1. The fourth-order valence-electron chi connectivity index (χ4n) is 4.27. The van der Waals surface area contributed by atoms with Crippen molar-refractivity contribution >= 4 is 27.7 Å². The molecule has 0 aliphatic carbocycles. The van der Waals surface area contributed by atoms with Gasteiger partial charge < -0.3 is 20.3 Å². The van der Waals surface area contributed by atoms with Gasteiger partial charge in [0.25, 0.3) is 0 Å². The van der Waals surface area contributed by atoms with E-state index < -0.39 is 10.8 Å². The van der Waals surface area contributed by atoms with Crippen LogP contribution in [0, 0.1) is 12.8 Å². The minimum Gasteiger partial charge on any atom is -0.395 e. The Hall–Kier alpha value is -2.36. The van der Waals surface area contributed by atoms with Gasteiger partial charge in [-0.15, -0.1) is 0 Å². The smallest absolute Gasteiger partial charge is 0.225 e. The lowest BCUT2D eigenvalue weighted by molar-refractivity contribution is 0.238. The second kappa shape index (κ2) is 10.3. The molecule has 2 aliphatic heterocycles. The summed E-state index contributed by atoms with van der Waals surface area (Å²) in [5.41, 5.74) is 9.13. The van der Waals surface area contributed by atoms with Crippen LogP contribution >= 0.6 is 0 Å². The third kappa shape index (κ3) is 5.10. The van der Waals surface area contributed by atoms with Gasteiger partial charge in [0.2, 0.25) is 5.95 Å². The highest BCUT2D eigenvalue weighted by Gasteiger charge is 2.29. The number of fused-ring (bicyclic) bond motifs is 2. The van der Waals surface area contributed by atoms with E-state index in [4.69, 9.17) is 20.3 Å². The molecule has 8 nitrogen and oxygen atoms in total. The standard InChI is InChI=1S/C19H20N4O2S.C5H13NO/c1-12-18-15(8-11-26(18)24)21-19(20-12)23-9-6-13(7-10-23)17-14-4-2-3-5-16(14)25-22-17;1-4(2)5(6)3-7/h2-5,13H,6-11H2,1H3;4-5,7H,3,6H2,1-2H3. The summed E-state index contributed by atoms with van der Waals surface area (Å²) in [6.45, 7) is 7.81. The summed E-state index contributed by atoms with van der Waals surface area (Å²) < 4.78 is 17.5. The molecule has 1 saturated heterocycles. The number of aromatic nitrogens is 3. The number of hydrogen-bond donors (Lipinski definition) is 2. The van der Waals surface area contributed by atoms with Crippen LogP contribution in [0.5, 0.6) is 0 Å². The molecule has 0 saturated carbocycles. The number of benzene rings is 1. The summed E-state index contributed by atoms with van der Waals surface area (Å²) in [7, 11) is -0.924. The number of hydrogen-bond acceptors (Lipinski definition) is 8. The molecule has 2 aromatic heterocycles. The molecule has 0 radical (unpaired) electrons. The number of nitrogens with zero attached hydrogens (tertiary/aromatic N) is 4. The van der Waals surface area contributed by atoms with Crippen molar-refractivity contribution in [2.24, 2.45) is 11.7 Å². The first kappa shape index (κ1) is 23.8. The van der Waals surface area contributed by atoms with Crippen LogP contribution in [0.25, 0.3) is 11.0 Å². The van der Waals surface area contributed by atoms with Crippen molar-refractivity contribution in [2.75, 3.05) is 30.3 Å². The monoisotopic (exact) mass is 471 g/mol. The van der Waals surface area contributed by atoms with E-state index in [2.05, 4.69) is 21.1 Å². The number of nitrogens with two attached hydrogens (primary N) is 1. The highest BCUT2D eigenvalue weighted by molar-refractivity contribution is 7.85. The quantitative estimate of drug-likeness (QED) is 0.596. The van der Waals surface area contributed by atoms with Gasteiger partial charge in [0, 0.05) is 42.6 Å². The predicted molar refractivity (Wildman–Crippen MR) is 130 cm³/mol. The number of anilines is 1. The summed E-state index contributed by atoms with van der Waals surface area (Å²) in [6.07, 6.45) is 2.80. The Kier molecular flexibility index (Phi) is 7.41. The minimum atomic E-state index is -0.924. The molecule has 2 unspecified atom stereocenters. The Morgan fingerprint density at radius 2 is 1.97 bits per heavy atom. The largest absolute Gasteiger partial charge is 0.395 e. The van der Waals surface area contributed by atoms with E-state index in [1.165, 1.54) is 0 Å². The topological polar surface area (TPSA) is 118 Å². The molecule has 5 rings (SSSR count). The molecule has 1 aromatic carbocycles. The van der Waals surface area contributed by atoms with Crippen molar-refractivity contribution in [3.8, 4) is 0 Å². The molecule has 0 spiro atoms. The fourth-order valence-corrected chi connectivity index (χ4v) is 5.64. The van der Waals surface area contributed by atoms with Gasteiger partial charge in [-0.25, -0.2) is 9.97 Å². The fraction of sp³-hybridized carbons (Fsp3) is 0.542. The highest BCUT2D eigenvalue weighted by atomic mass is 32.2. The van der Waals surface area contributed by atoms with Crippen LogP contribution in [0.15, 0.2) is 33.7 Å². The number of para-hydroxylation sites is 1. The van der Waals surface area contributed by atoms with E-state index >= 15 is 0 Å². The molecule has 3 aromatic rings. The van der Waals surface area contributed by atoms with Crippen molar-refractivity contribution in [2.45, 2.75) is 56.9 Å². The van der Waals surface area contributed by atoms with Gasteiger partial charge in [-0.1, -0.05) is 31.1 Å². The first-order valence-electron chi connectivity index (χ1n) is 11.6. The summed E-state index contributed by atoms with van der Waals surface area (Å²) in [5.74, 6) is 2.25. The second-order valence-electron chi connectivity index (χ2n) is 9.10. The third-order valence-corrected chi connectivity index (χ3v) is 8.04. The molecule has 4 heterocycles. The molecular formula is C24H33N5O3S. The van der Waals surface area contributed by atoms with Crippen molar-refractivity contribution in [3.05, 3.63) is 41.3 Å². The number of aryl methyl sites for hydroxylation is 2. The summed E-state index contributed by atoms with van der Waals surface area (Å²) >= 11 is 0. The lowest BCUT2D eigenvalue weighted by Crippen LogP contribution is -2.34. The molecule has 2 atom stereocenters. The van der Waals surface area contributed by atoms with E-state index in [1.807, 2.05) is 39.0 Å². The highest BCUT2D eigenvalue weighted by Crippen LogP contribution is 2.34. The van der Waals surface area contributed by atoms with Crippen LogP contribution in [0.4, 0.5) is 5.95 Å². The van der Waals surface area contributed by atoms with E-state index in [-0.39, 0.29) is 12.6 Å². The van der Waals surface area contributed by atoms with Gasteiger partial charge in [-0.3, -0.25) is 4.21 Å². The van der Waals surface area contributed by atoms with Gasteiger partial charge in [-0.05, 0) is 37.8 Å². The van der Waals surface area contributed by atoms with Gasteiger partial charge >= 0.3 is 0 Å². The Labute approximate surface area is 197 Å². The molecule has 9 heteroatoms. The molecule has 0 bridgehead atoms. The Morgan fingerprint density at radius 3 is 2.64 bits per heavy atom.